The molecule has 2 rings (SSSR count). The molecule has 0 radical (unpaired) electrons. The topological polar surface area (TPSA) is 131 Å². The van der Waals surface area contributed by atoms with Crippen molar-refractivity contribution in [3.8, 4) is 5.75 Å². The number of esters is 1. The van der Waals surface area contributed by atoms with E-state index in [4.69, 9.17) is 9.47 Å². The number of rotatable bonds is 7. The number of hydrogen-bond donors (Lipinski definition) is 2. The molecule has 0 saturated carbocycles. The van der Waals surface area contributed by atoms with Gasteiger partial charge >= 0.3 is 18.2 Å². The van der Waals surface area contributed by atoms with Crippen LogP contribution in [-0.2, 0) is 19.6 Å². The van der Waals surface area contributed by atoms with Crippen molar-refractivity contribution >= 4 is 27.9 Å². The van der Waals surface area contributed by atoms with Gasteiger partial charge in [0.05, 0.1) is 12.7 Å². The summed E-state index contributed by atoms with van der Waals surface area (Å²) < 4.78 is 73.6. The van der Waals surface area contributed by atoms with E-state index in [2.05, 4.69) is 0 Å². The molecule has 1 aliphatic heterocycles. The second-order valence-corrected chi connectivity index (χ2v) is 9.01. The van der Waals surface area contributed by atoms with Crippen molar-refractivity contribution < 1.29 is 45.4 Å². The predicted octanol–water partition coefficient (Wildman–Crippen LogP) is 1.80. The van der Waals surface area contributed by atoms with E-state index >= 15 is 0 Å². The van der Waals surface area contributed by atoms with E-state index in [0.29, 0.717) is 25.9 Å². The Hall–Kier alpha value is -2.87. The maximum Gasteiger partial charge on any atom is 0.405 e. The fourth-order valence-electron chi connectivity index (χ4n) is 3.03. The maximum atomic E-state index is 13.1. The van der Waals surface area contributed by atoms with E-state index in [1.165, 1.54) is 28.9 Å². The highest BCUT2D eigenvalue weighted by Gasteiger charge is 2.30. The van der Waals surface area contributed by atoms with Gasteiger partial charge in [0.15, 0.2) is 6.61 Å². The average molecular weight is 495 g/mol. The Morgan fingerprint density at radius 2 is 1.73 bits per heavy atom. The number of hydrogen-bond acceptors (Lipinski definition) is 7. The second-order valence-electron chi connectivity index (χ2n) is 7.11. The fraction of sp³-hybridized carbons (Fsp3) is 0.526. The lowest BCUT2D eigenvalue weighted by Gasteiger charge is -2.21. The van der Waals surface area contributed by atoms with Crippen LogP contribution in [0.5, 0.6) is 5.75 Å². The molecular formula is C19H24F3N3O7S. The molecule has 14 heteroatoms. The van der Waals surface area contributed by atoms with Crippen molar-refractivity contribution in [2.45, 2.75) is 36.8 Å². The first kappa shape index (κ1) is 26.4. The Morgan fingerprint density at radius 1 is 1.09 bits per heavy atom. The Labute approximate surface area is 188 Å². The zero-order valence-electron chi connectivity index (χ0n) is 17.7. The van der Waals surface area contributed by atoms with Crippen LogP contribution in [0.15, 0.2) is 23.1 Å². The van der Waals surface area contributed by atoms with Gasteiger partial charge in [0.1, 0.15) is 17.2 Å². The number of sulfonamides is 1. The summed E-state index contributed by atoms with van der Waals surface area (Å²) in [4.78, 5) is 34.9. The molecule has 3 amide bonds. The number of carbonyl (C=O) groups excluding carboxylic acids is 3. The number of nitrogens with one attached hydrogen (secondary N) is 2. The molecule has 1 saturated heterocycles. The summed E-state index contributed by atoms with van der Waals surface area (Å²) in [7, 11) is -2.69. The molecule has 10 nitrogen and oxygen atoms in total. The van der Waals surface area contributed by atoms with Gasteiger partial charge in [-0.15, -0.1) is 0 Å². The Balaban J connectivity index is 2.06. The fourth-order valence-corrected chi connectivity index (χ4v) is 4.73. The third kappa shape index (κ3) is 7.89. The van der Waals surface area contributed by atoms with Crippen molar-refractivity contribution in [2.24, 2.45) is 0 Å². The quantitative estimate of drug-likeness (QED) is 0.552. The van der Waals surface area contributed by atoms with E-state index in [9.17, 15) is 36.0 Å². The highest BCUT2D eigenvalue weighted by atomic mass is 32.2. The lowest BCUT2D eigenvalue weighted by atomic mass is 10.2. The average Bonchev–Trinajstić information content (AvgIpc) is 3.05. The van der Waals surface area contributed by atoms with Gasteiger partial charge in [-0.3, -0.25) is 10.1 Å². The van der Waals surface area contributed by atoms with E-state index < -0.39 is 47.3 Å². The van der Waals surface area contributed by atoms with Crippen molar-refractivity contribution in [3.05, 3.63) is 23.8 Å². The summed E-state index contributed by atoms with van der Waals surface area (Å²) in [5, 5.41) is 3.00. The van der Waals surface area contributed by atoms with Gasteiger partial charge in [-0.25, -0.2) is 18.0 Å². The molecule has 0 bridgehead atoms. The molecule has 0 spiro atoms. The molecule has 33 heavy (non-hydrogen) atoms. The highest BCUT2D eigenvalue weighted by Crippen LogP contribution is 2.29. The third-order valence-corrected chi connectivity index (χ3v) is 6.54. The molecule has 1 heterocycles. The van der Waals surface area contributed by atoms with Gasteiger partial charge in [-0.2, -0.15) is 17.5 Å². The minimum absolute atomic E-state index is 0.0230. The number of nitrogens with zero attached hydrogens (tertiary/aromatic N) is 1. The van der Waals surface area contributed by atoms with Crippen LogP contribution in [-0.4, -0.2) is 70.2 Å². The summed E-state index contributed by atoms with van der Waals surface area (Å²) in [5.41, 5.74) is -0.196. The first-order valence-corrected chi connectivity index (χ1v) is 11.4. The van der Waals surface area contributed by atoms with Crippen LogP contribution in [0.3, 0.4) is 0 Å². The van der Waals surface area contributed by atoms with Gasteiger partial charge < -0.3 is 14.8 Å². The molecule has 0 aromatic heterocycles. The van der Waals surface area contributed by atoms with E-state index in [-0.39, 0.29) is 16.2 Å². The summed E-state index contributed by atoms with van der Waals surface area (Å²) in [6.07, 6.45) is -1.44. The van der Waals surface area contributed by atoms with Crippen LogP contribution < -0.4 is 15.4 Å². The summed E-state index contributed by atoms with van der Waals surface area (Å²) in [6, 6.07) is 2.15. The molecule has 1 aromatic carbocycles. The minimum Gasteiger partial charge on any atom is -0.495 e. The van der Waals surface area contributed by atoms with Crippen LogP contribution in [0.2, 0.25) is 0 Å². The number of urea groups is 1. The van der Waals surface area contributed by atoms with Crippen LogP contribution >= 0.6 is 0 Å². The maximum absolute atomic E-state index is 13.1. The third-order valence-electron chi connectivity index (χ3n) is 4.62. The number of halogens is 3. The molecule has 2 N–H and O–H groups in total. The molecule has 1 fully saturated rings. The van der Waals surface area contributed by atoms with Gasteiger partial charge in [-0.05, 0) is 31.0 Å². The van der Waals surface area contributed by atoms with Crippen molar-refractivity contribution in [1.29, 1.82) is 0 Å². The molecule has 184 valence electrons. The summed E-state index contributed by atoms with van der Waals surface area (Å²) in [6.45, 7) is -1.96. The summed E-state index contributed by atoms with van der Waals surface area (Å²) in [5.74, 6) is -2.22. The largest absolute Gasteiger partial charge is 0.495 e. The van der Waals surface area contributed by atoms with Crippen LogP contribution in [0.4, 0.5) is 18.0 Å². The number of alkyl halides is 3. The number of amides is 3. The second kappa shape index (κ2) is 11.3. The Kier molecular flexibility index (Phi) is 9.05. The minimum atomic E-state index is -4.66. The number of methoxy groups -OCH3 is 1. The lowest BCUT2D eigenvalue weighted by Crippen LogP contribution is -2.44. The van der Waals surface area contributed by atoms with Crippen LogP contribution in [0, 0.1) is 0 Å². The molecule has 1 aromatic rings. The summed E-state index contributed by atoms with van der Waals surface area (Å²) >= 11 is 0. The predicted molar refractivity (Wildman–Crippen MR) is 108 cm³/mol. The van der Waals surface area contributed by atoms with Crippen molar-refractivity contribution in [3.63, 3.8) is 0 Å². The normalized spacial score (nSPS) is 15.3. The number of ether oxygens (including phenoxy) is 2. The number of imide groups is 1. The number of carbonyl (C=O) groups is 3. The van der Waals surface area contributed by atoms with Gasteiger partial charge in [-0.1, -0.05) is 12.8 Å². The van der Waals surface area contributed by atoms with Gasteiger partial charge in [0, 0.05) is 13.1 Å². The Morgan fingerprint density at radius 3 is 2.30 bits per heavy atom. The zero-order chi connectivity index (χ0) is 24.6. The van der Waals surface area contributed by atoms with Crippen LogP contribution in [0.1, 0.15) is 36.0 Å². The van der Waals surface area contributed by atoms with E-state index in [1.807, 2.05) is 0 Å². The van der Waals surface area contributed by atoms with Crippen LogP contribution in [0.25, 0.3) is 0 Å². The molecule has 1 aliphatic rings. The van der Waals surface area contributed by atoms with Gasteiger partial charge in [0.2, 0.25) is 10.0 Å². The SMILES string of the molecule is COc1ccc(C(=O)OCC(=O)NC(=O)NCC(F)(F)F)cc1S(=O)(=O)N1CCCCCC1. The van der Waals surface area contributed by atoms with E-state index in [0.717, 1.165) is 18.9 Å². The lowest BCUT2D eigenvalue weighted by molar-refractivity contribution is -0.125. The van der Waals surface area contributed by atoms with Gasteiger partial charge in [0.25, 0.3) is 5.91 Å². The standard InChI is InChI=1S/C19H24F3N3O7S/c1-31-14-7-6-13(10-15(14)33(29,30)25-8-4-2-3-5-9-25)17(27)32-11-16(26)24-18(28)23-12-19(20,21)22/h6-7,10H,2-5,8-9,11-12H2,1H3,(H2,23,24,26,28). The first-order valence-electron chi connectivity index (χ1n) is 9.94. The van der Waals surface area contributed by atoms with Crippen molar-refractivity contribution in [2.75, 3.05) is 33.4 Å². The first-order chi connectivity index (χ1) is 15.4. The zero-order valence-corrected chi connectivity index (χ0v) is 18.6. The Bertz CT molecular complexity index is 975. The monoisotopic (exact) mass is 495 g/mol. The molecule has 0 atom stereocenters. The molecule has 0 aliphatic carbocycles. The molecular weight excluding hydrogens is 471 g/mol. The molecule has 0 unspecified atom stereocenters. The smallest absolute Gasteiger partial charge is 0.405 e. The van der Waals surface area contributed by atoms with E-state index in [1.54, 1.807) is 5.32 Å². The number of benzene rings is 1. The van der Waals surface area contributed by atoms with Crippen molar-refractivity contribution in [1.82, 2.24) is 14.9 Å². The highest BCUT2D eigenvalue weighted by molar-refractivity contribution is 7.89.